The number of nitrogens with zero attached hydrogens (tertiary/aromatic N) is 4. The third-order valence-corrected chi connectivity index (χ3v) is 5.70. The zero-order valence-corrected chi connectivity index (χ0v) is 16.8. The molecule has 2 aromatic rings. The predicted octanol–water partition coefficient (Wildman–Crippen LogP) is 2.87. The number of aryl methyl sites for hydroxylation is 1. The molecule has 27 heavy (non-hydrogen) atoms. The highest BCUT2D eigenvalue weighted by Gasteiger charge is 2.45. The van der Waals surface area contributed by atoms with E-state index in [1.165, 1.54) is 0 Å². The fourth-order valence-electron chi connectivity index (χ4n) is 3.74. The lowest BCUT2D eigenvalue weighted by Gasteiger charge is -2.38. The largest absolute Gasteiger partial charge is 0.330 e. The van der Waals surface area contributed by atoms with Gasteiger partial charge < -0.3 is 10.2 Å². The molecule has 8 nitrogen and oxygen atoms in total. The van der Waals surface area contributed by atoms with Crippen molar-refractivity contribution in [1.29, 1.82) is 0 Å². The van der Waals surface area contributed by atoms with Crippen LogP contribution in [0.4, 0.5) is 5.00 Å². The molecule has 1 aliphatic heterocycles. The van der Waals surface area contributed by atoms with Crippen molar-refractivity contribution in [2.24, 2.45) is 13.0 Å². The number of thiophene rings is 1. The first-order valence-electron chi connectivity index (χ1n) is 8.90. The second-order valence-corrected chi connectivity index (χ2v) is 8.86. The Morgan fingerprint density at radius 3 is 2.74 bits per heavy atom. The molecule has 146 valence electrons. The summed E-state index contributed by atoms with van der Waals surface area (Å²) in [5, 5.41) is 20.4. The van der Waals surface area contributed by atoms with Gasteiger partial charge in [0.25, 0.3) is 0 Å². The summed E-state index contributed by atoms with van der Waals surface area (Å²) < 4.78 is 1.76. The number of hydrogen-bond acceptors (Lipinski definition) is 6. The highest BCUT2D eigenvalue weighted by Crippen LogP contribution is 2.42. The Hall–Kier alpha value is -2.26. The van der Waals surface area contributed by atoms with E-state index in [9.17, 15) is 14.9 Å². The summed E-state index contributed by atoms with van der Waals surface area (Å²) in [6.07, 6.45) is 4.28. The van der Waals surface area contributed by atoms with E-state index in [1.807, 2.05) is 24.3 Å². The van der Waals surface area contributed by atoms with E-state index in [1.54, 1.807) is 16.1 Å². The van der Waals surface area contributed by atoms with Crippen molar-refractivity contribution < 1.29 is 9.72 Å². The standard InChI is InChI=1S/C18H25N5O3S/c1-18(2,3)22-15(24)6-13(17(22)14-9-20-21(4)10-14)8-19-7-12-5-16(23(25)26)27-11-12/h5,9-11,13,17,19H,6-8H2,1-4H3/t13-,17+/m0/s1. The first kappa shape index (κ1) is 19.5. The average Bonchev–Trinajstić information content (AvgIpc) is 3.25. The van der Waals surface area contributed by atoms with Crippen molar-refractivity contribution in [3.63, 3.8) is 0 Å². The minimum atomic E-state index is -0.372. The van der Waals surface area contributed by atoms with Gasteiger partial charge in [-0.3, -0.25) is 19.6 Å². The summed E-state index contributed by atoms with van der Waals surface area (Å²) in [5.41, 5.74) is 1.65. The highest BCUT2D eigenvalue weighted by molar-refractivity contribution is 7.13. The first-order chi connectivity index (χ1) is 12.7. The third-order valence-electron chi connectivity index (χ3n) is 4.77. The van der Waals surface area contributed by atoms with Crippen LogP contribution in [-0.4, -0.2) is 37.6 Å². The monoisotopic (exact) mass is 391 g/mol. The lowest BCUT2D eigenvalue weighted by atomic mass is 9.93. The number of hydrogen-bond donors (Lipinski definition) is 1. The first-order valence-corrected chi connectivity index (χ1v) is 9.78. The van der Waals surface area contributed by atoms with Crippen LogP contribution in [0.2, 0.25) is 0 Å². The van der Waals surface area contributed by atoms with Gasteiger partial charge in [-0.25, -0.2) is 0 Å². The van der Waals surface area contributed by atoms with Crippen LogP contribution >= 0.6 is 11.3 Å². The lowest BCUT2D eigenvalue weighted by Crippen LogP contribution is -2.44. The molecule has 1 N–H and O–H groups in total. The Morgan fingerprint density at radius 1 is 1.44 bits per heavy atom. The molecule has 1 saturated heterocycles. The molecule has 0 unspecified atom stereocenters. The average molecular weight is 391 g/mol. The summed E-state index contributed by atoms with van der Waals surface area (Å²) in [7, 11) is 1.87. The van der Waals surface area contributed by atoms with E-state index < -0.39 is 0 Å². The minimum absolute atomic E-state index is 0.0319. The molecule has 0 saturated carbocycles. The number of nitrogens with one attached hydrogen (secondary N) is 1. The number of likely N-dealkylation sites (tertiary alicyclic amines) is 1. The van der Waals surface area contributed by atoms with Crippen LogP contribution in [0.25, 0.3) is 0 Å². The Kier molecular flexibility index (Phi) is 5.34. The topological polar surface area (TPSA) is 93.3 Å². The van der Waals surface area contributed by atoms with Gasteiger partial charge >= 0.3 is 5.00 Å². The Bertz CT molecular complexity index is 838. The van der Waals surface area contributed by atoms with E-state index >= 15 is 0 Å². The van der Waals surface area contributed by atoms with Crippen LogP contribution in [0.15, 0.2) is 23.8 Å². The van der Waals surface area contributed by atoms with Crippen LogP contribution in [0.5, 0.6) is 0 Å². The summed E-state index contributed by atoms with van der Waals surface area (Å²) in [6.45, 7) is 7.35. The van der Waals surface area contributed by atoms with E-state index in [2.05, 4.69) is 31.2 Å². The van der Waals surface area contributed by atoms with Crippen molar-refractivity contribution in [2.45, 2.75) is 45.3 Å². The highest BCUT2D eigenvalue weighted by atomic mass is 32.1. The summed E-state index contributed by atoms with van der Waals surface area (Å²) in [4.78, 5) is 25.1. The third kappa shape index (κ3) is 4.19. The van der Waals surface area contributed by atoms with Gasteiger partial charge in [0.2, 0.25) is 5.91 Å². The van der Waals surface area contributed by atoms with Gasteiger partial charge in [0.15, 0.2) is 0 Å². The van der Waals surface area contributed by atoms with E-state index in [4.69, 9.17) is 0 Å². The number of aromatic nitrogens is 2. The SMILES string of the molecule is Cn1cc([C@H]2[C@H](CNCc3csc([N+](=O)[O-])c3)CC(=O)N2C(C)(C)C)cn1. The molecule has 2 atom stereocenters. The van der Waals surface area contributed by atoms with Crippen molar-refractivity contribution in [2.75, 3.05) is 6.54 Å². The molecule has 0 aliphatic carbocycles. The Morgan fingerprint density at radius 2 is 2.19 bits per heavy atom. The fraction of sp³-hybridized carbons (Fsp3) is 0.556. The second-order valence-electron chi connectivity index (χ2n) is 7.97. The molecular formula is C18H25N5O3S. The zero-order valence-electron chi connectivity index (χ0n) is 16.0. The second kappa shape index (κ2) is 7.40. The van der Waals surface area contributed by atoms with Crippen LogP contribution < -0.4 is 5.32 Å². The normalized spacial score (nSPS) is 20.4. The number of rotatable bonds is 6. The molecule has 1 fully saturated rings. The molecule has 1 amide bonds. The van der Waals surface area contributed by atoms with Crippen LogP contribution in [-0.2, 0) is 18.4 Å². The molecule has 1 aliphatic rings. The van der Waals surface area contributed by atoms with Crippen LogP contribution in [0, 0.1) is 16.0 Å². The molecule has 2 aromatic heterocycles. The van der Waals surface area contributed by atoms with Crippen molar-refractivity contribution in [3.8, 4) is 0 Å². The van der Waals surface area contributed by atoms with Gasteiger partial charge in [-0.05, 0) is 26.3 Å². The predicted molar refractivity (Wildman–Crippen MR) is 103 cm³/mol. The lowest BCUT2D eigenvalue weighted by molar-refractivity contribution is -0.380. The van der Waals surface area contributed by atoms with E-state index in [-0.39, 0.29) is 33.3 Å². The molecule has 0 bridgehead atoms. The zero-order chi connectivity index (χ0) is 19.8. The van der Waals surface area contributed by atoms with Crippen molar-refractivity contribution >= 4 is 22.2 Å². The molecule has 0 radical (unpaired) electrons. The van der Waals surface area contributed by atoms with Gasteiger partial charge in [0.05, 0.1) is 17.2 Å². The van der Waals surface area contributed by atoms with Gasteiger partial charge in [-0.2, -0.15) is 5.10 Å². The Labute approximate surface area is 162 Å². The molecule has 3 heterocycles. The van der Waals surface area contributed by atoms with Gasteiger partial charge in [0, 0.05) is 61.2 Å². The molecular weight excluding hydrogens is 366 g/mol. The van der Waals surface area contributed by atoms with Crippen LogP contribution in [0.1, 0.15) is 44.4 Å². The number of carbonyl (C=O) groups is 1. The smallest absolute Gasteiger partial charge is 0.324 e. The van der Waals surface area contributed by atoms with Crippen molar-refractivity contribution in [1.82, 2.24) is 20.0 Å². The summed E-state index contributed by atoms with van der Waals surface area (Å²) >= 11 is 1.13. The minimum Gasteiger partial charge on any atom is -0.330 e. The quantitative estimate of drug-likeness (QED) is 0.604. The molecule has 3 rings (SSSR count). The van der Waals surface area contributed by atoms with E-state index in [0.717, 1.165) is 22.5 Å². The maximum Gasteiger partial charge on any atom is 0.324 e. The molecule has 9 heteroatoms. The molecule has 0 aromatic carbocycles. The Balaban J connectivity index is 1.72. The van der Waals surface area contributed by atoms with Gasteiger partial charge in [-0.15, -0.1) is 0 Å². The number of amides is 1. The number of carbonyl (C=O) groups excluding carboxylic acids is 1. The summed E-state index contributed by atoms with van der Waals surface area (Å²) in [5.74, 6) is 0.267. The number of nitro groups is 1. The maximum absolute atomic E-state index is 12.7. The van der Waals surface area contributed by atoms with Gasteiger partial charge in [-0.1, -0.05) is 11.3 Å². The fourth-order valence-corrected chi connectivity index (χ4v) is 4.47. The van der Waals surface area contributed by atoms with Gasteiger partial charge in [0.1, 0.15) is 0 Å². The van der Waals surface area contributed by atoms with Crippen LogP contribution in [0.3, 0.4) is 0 Å². The van der Waals surface area contributed by atoms with Crippen molar-refractivity contribution in [3.05, 3.63) is 45.1 Å². The molecule has 0 spiro atoms. The maximum atomic E-state index is 12.7. The summed E-state index contributed by atoms with van der Waals surface area (Å²) in [6, 6.07) is 1.56. The van der Waals surface area contributed by atoms with E-state index in [0.29, 0.717) is 19.5 Å².